The molecule has 0 saturated heterocycles. The third-order valence-corrected chi connectivity index (χ3v) is 6.93. The predicted octanol–water partition coefficient (Wildman–Crippen LogP) is 6.28. The molecule has 192 valence electrons. The zero-order chi connectivity index (χ0) is 26.7. The molecule has 4 aromatic rings. The third kappa shape index (κ3) is 5.74. The maximum atomic E-state index is 13.2. The van der Waals surface area contributed by atoms with Crippen molar-refractivity contribution in [3.05, 3.63) is 94.3 Å². The number of pyridine rings is 1. The number of rotatable bonds is 9. The first kappa shape index (κ1) is 26.1. The van der Waals surface area contributed by atoms with Crippen LogP contribution in [-0.2, 0) is 11.3 Å². The van der Waals surface area contributed by atoms with Gasteiger partial charge in [-0.1, -0.05) is 44.2 Å². The van der Waals surface area contributed by atoms with Gasteiger partial charge in [-0.05, 0) is 74.6 Å². The van der Waals surface area contributed by atoms with Gasteiger partial charge < -0.3 is 14.6 Å². The summed E-state index contributed by atoms with van der Waals surface area (Å²) in [6.45, 7) is 12.7. The third-order valence-electron chi connectivity index (χ3n) is 6.93. The lowest BCUT2D eigenvalue weighted by Crippen LogP contribution is -2.26. The molecule has 0 aliphatic carbocycles. The molecule has 6 heteroatoms. The highest BCUT2D eigenvalue weighted by atomic mass is 16.5. The molecule has 0 bridgehead atoms. The molecule has 2 aromatic heterocycles. The van der Waals surface area contributed by atoms with E-state index < -0.39 is 6.10 Å². The van der Waals surface area contributed by atoms with E-state index in [0.717, 1.165) is 39.7 Å². The van der Waals surface area contributed by atoms with Gasteiger partial charge in [0.05, 0.1) is 18.3 Å². The lowest BCUT2D eigenvalue weighted by atomic mass is 9.98. The van der Waals surface area contributed by atoms with Crippen molar-refractivity contribution in [2.45, 2.75) is 66.2 Å². The molecule has 1 N–H and O–H groups in total. The van der Waals surface area contributed by atoms with E-state index in [4.69, 9.17) is 4.74 Å². The molecular formula is C31H35N3O3. The smallest absolute Gasteiger partial charge is 0.251 e. The molecular weight excluding hydrogens is 462 g/mol. The van der Waals surface area contributed by atoms with Gasteiger partial charge in [-0.2, -0.15) is 0 Å². The average molecular weight is 498 g/mol. The number of nitrogens with one attached hydrogen (secondary N) is 1. The van der Waals surface area contributed by atoms with E-state index in [1.807, 2.05) is 43.3 Å². The van der Waals surface area contributed by atoms with Gasteiger partial charge in [-0.3, -0.25) is 9.59 Å². The molecule has 0 aliphatic rings. The van der Waals surface area contributed by atoms with Gasteiger partial charge in [0.25, 0.3) is 5.91 Å². The van der Waals surface area contributed by atoms with Gasteiger partial charge in [0.1, 0.15) is 0 Å². The Bertz CT molecular complexity index is 1440. The highest BCUT2D eigenvalue weighted by Crippen LogP contribution is 2.28. The second-order valence-electron chi connectivity index (χ2n) is 9.97. The number of carbonyl (C=O) groups excluding carboxylic acids is 2. The van der Waals surface area contributed by atoms with Crippen LogP contribution in [0.5, 0.6) is 5.88 Å². The number of fused-ring (bicyclic) bond motifs is 1. The molecule has 0 fully saturated rings. The maximum absolute atomic E-state index is 13.2. The Balaban J connectivity index is 1.57. The standard InChI is InChI=1S/C31H35N3O3/c1-19(2)24-9-7-10-25(15-24)22(5)32-31(36)26-13-14-29-28(16-26)21(4)23(6)34(29)17-27-11-8-12-30(33-27)37-20(3)18-35/h7-16,18-20,22H,17H2,1-6H3,(H,32,36)/t20-,22-/m0/s1. The minimum atomic E-state index is -0.550. The largest absolute Gasteiger partial charge is 0.467 e. The summed E-state index contributed by atoms with van der Waals surface area (Å²) < 4.78 is 7.75. The summed E-state index contributed by atoms with van der Waals surface area (Å²) in [6, 6.07) is 19.7. The fraction of sp³-hybridized carbons (Fsp3) is 0.323. The number of nitrogens with zero attached hydrogens (tertiary/aromatic N) is 2. The Hall–Kier alpha value is -3.93. The highest BCUT2D eigenvalue weighted by Gasteiger charge is 2.17. The van der Waals surface area contributed by atoms with Crippen LogP contribution in [0.15, 0.2) is 60.7 Å². The number of aryl methyl sites for hydroxylation is 1. The Labute approximate surface area is 218 Å². The molecule has 0 aliphatic heterocycles. The number of amides is 1. The zero-order valence-electron chi connectivity index (χ0n) is 22.4. The molecule has 4 rings (SSSR count). The lowest BCUT2D eigenvalue weighted by Gasteiger charge is -2.16. The van der Waals surface area contributed by atoms with Crippen molar-refractivity contribution in [2.24, 2.45) is 0 Å². The van der Waals surface area contributed by atoms with Crippen LogP contribution in [0.2, 0.25) is 0 Å². The van der Waals surface area contributed by atoms with Gasteiger partial charge in [-0.25, -0.2) is 4.98 Å². The van der Waals surface area contributed by atoms with Crippen LogP contribution >= 0.6 is 0 Å². The number of hydrogen-bond donors (Lipinski definition) is 1. The van der Waals surface area contributed by atoms with Crippen LogP contribution < -0.4 is 10.1 Å². The minimum absolute atomic E-state index is 0.0926. The van der Waals surface area contributed by atoms with E-state index in [2.05, 4.69) is 60.8 Å². The Morgan fingerprint density at radius 3 is 2.46 bits per heavy atom. The zero-order valence-corrected chi connectivity index (χ0v) is 22.4. The van der Waals surface area contributed by atoms with E-state index in [-0.39, 0.29) is 11.9 Å². The van der Waals surface area contributed by atoms with Crippen LogP contribution in [-0.4, -0.2) is 27.8 Å². The van der Waals surface area contributed by atoms with Crippen LogP contribution in [0.1, 0.15) is 78.1 Å². The van der Waals surface area contributed by atoms with Crippen molar-refractivity contribution in [3.63, 3.8) is 0 Å². The SMILES string of the molecule is Cc1c(C)n(Cc2cccc(O[C@@H](C)C=O)n2)c2ccc(C(=O)N[C@@H](C)c3cccc(C(C)C)c3)cc12. The van der Waals surface area contributed by atoms with E-state index >= 15 is 0 Å². The summed E-state index contributed by atoms with van der Waals surface area (Å²) in [7, 11) is 0. The summed E-state index contributed by atoms with van der Waals surface area (Å²) in [6.07, 6.45) is 0.198. The monoisotopic (exact) mass is 497 g/mol. The molecule has 0 saturated carbocycles. The lowest BCUT2D eigenvalue weighted by molar-refractivity contribution is -0.113. The summed E-state index contributed by atoms with van der Waals surface area (Å²) in [5, 5.41) is 4.20. The maximum Gasteiger partial charge on any atom is 0.251 e. The molecule has 2 heterocycles. The normalized spacial score (nSPS) is 12.9. The molecule has 2 aromatic carbocycles. The second kappa shape index (κ2) is 11.0. The number of carbonyl (C=O) groups is 2. The molecule has 37 heavy (non-hydrogen) atoms. The van der Waals surface area contributed by atoms with Crippen molar-refractivity contribution in [1.82, 2.24) is 14.9 Å². The molecule has 0 spiro atoms. The molecule has 0 radical (unpaired) electrons. The second-order valence-corrected chi connectivity index (χ2v) is 9.97. The molecule has 1 amide bonds. The number of aldehydes is 1. The van der Waals surface area contributed by atoms with Gasteiger partial charge in [-0.15, -0.1) is 0 Å². The Morgan fingerprint density at radius 2 is 1.73 bits per heavy atom. The van der Waals surface area contributed by atoms with Gasteiger partial charge in [0.15, 0.2) is 12.4 Å². The first-order valence-electron chi connectivity index (χ1n) is 12.8. The van der Waals surface area contributed by atoms with E-state index in [1.54, 1.807) is 13.0 Å². The first-order valence-corrected chi connectivity index (χ1v) is 12.8. The van der Waals surface area contributed by atoms with Gasteiger partial charge >= 0.3 is 0 Å². The topological polar surface area (TPSA) is 73.2 Å². The molecule has 6 nitrogen and oxygen atoms in total. The summed E-state index contributed by atoms with van der Waals surface area (Å²) in [5.41, 5.74) is 7.10. The number of hydrogen-bond acceptors (Lipinski definition) is 4. The molecule has 2 atom stereocenters. The number of ether oxygens (including phenoxy) is 1. The average Bonchev–Trinajstić information content (AvgIpc) is 3.13. The Kier molecular flexibility index (Phi) is 7.77. The van der Waals surface area contributed by atoms with Gasteiger partial charge in [0, 0.05) is 28.2 Å². The van der Waals surface area contributed by atoms with E-state index in [9.17, 15) is 9.59 Å². The van der Waals surface area contributed by atoms with Crippen molar-refractivity contribution in [3.8, 4) is 5.88 Å². The van der Waals surface area contributed by atoms with E-state index in [1.165, 1.54) is 5.56 Å². The summed E-state index contributed by atoms with van der Waals surface area (Å²) in [5.74, 6) is 0.769. The van der Waals surface area contributed by atoms with Crippen LogP contribution in [0, 0.1) is 13.8 Å². The van der Waals surface area contributed by atoms with Crippen molar-refractivity contribution >= 4 is 23.1 Å². The van der Waals surface area contributed by atoms with E-state index in [0.29, 0.717) is 23.9 Å². The van der Waals surface area contributed by atoms with Crippen LogP contribution in [0.25, 0.3) is 10.9 Å². The Morgan fingerprint density at radius 1 is 1.00 bits per heavy atom. The summed E-state index contributed by atoms with van der Waals surface area (Å²) in [4.78, 5) is 28.7. The fourth-order valence-corrected chi connectivity index (χ4v) is 4.54. The fourth-order valence-electron chi connectivity index (χ4n) is 4.54. The predicted molar refractivity (Wildman–Crippen MR) is 147 cm³/mol. The van der Waals surface area contributed by atoms with Crippen LogP contribution in [0.4, 0.5) is 0 Å². The highest BCUT2D eigenvalue weighted by molar-refractivity contribution is 5.99. The number of benzene rings is 2. The van der Waals surface area contributed by atoms with Crippen molar-refractivity contribution in [2.75, 3.05) is 0 Å². The first-order chi connectivity index (χ1) is 17.7. The minimum Gasteiger partial charge on any atom is -0.467 e. The molecule has 0 unspecified atom stereocenters. The van der Waals surface area contributed by atoms with Crippen molar-refractivity contribution < 1.29 is 14.3 Å². The van der Waals surface area contributed by atoms with Crippen LogP contribution in [0.3, 0.4) is 0 Å². The quantitative estimate of drug-likeness (QED) is 0.276. The van der Waals surface area contributed by atoms with Gasteiger partial charge in [0.2, 0.25) is 5.88 Å². The summed E-state index contributed by atoms with van der Waals surface area (Å²) >= 11 is 0. The van der Waals surface area contributed by atoms with Crippen molar-refractivity contribution in [1.29, 1.82) is 0 Å². The number of aromatic nitrogens is 2.